The quantitative estimate of drug-likeness (QED) is 0.770. The Hall–Kier alpha value is -2.44. The van der Waals surface area contributed by atoms with E-state index in [1.807, 2.05) is 6.92 Å². The molecule has 0 fully saturated rings. The zero-order valence-electron chi connectivity index (χ0n) is 10.4. The Morgan fingerprint density at radius 1 is 1.47 bits per heavy atom. The van der Waals surface area contributed by atoms with Crippen molar-refractivity contribution < 1.29 is 9.18 Å². The summed E-state index contributed by atoms with van der Waals surface area (Å²) < 4.78 is 13.2. The van der Waals surface area contributed by atoms with E-state index in [9.17, 15) is 9.18 Å². The Morgan fingerprint density at radius 2 is 2.32 bits per heavy atom. The molecule has 2 heterocycles. The lowest BCUT2D eigenvalue weighted by atomic mass is 10.2. The van der Waals surface area contributed by atoms with E-state index in [-0.39, 0.29) is 5.56 Å². The molecule has 0 bridgehead atoms. The molecule has 100 valence electrons. The molecule has 7 heteroatoms. The number of anilines is 2. The number of nitrogens with one attached hydrogen (secondary N) is 3. The van der Waals surface area contributed by atoms with Gasteiger partial charge in [-0.15, -0.1) is 0 Å². The number of carbonyl (C=O) groups is 1. The van der Waals surface area contributed by atoms with E-state index >= 15 is 0 Å². The van der Waals surface area contributed by atoms with Crippen LogP contribution < -0.4 is 10.6 Å². The molecule has 0 atom stereocenters. The summed E-state index contributed by atoms with van der Waals surface area (Å²) in [4.78, 5) is 22.5. The van der Waals surface area contributed by atoms with Gasteiger partial charge in [0.2, 0.25) is 5.95 Å². The molecule has 0 aliphatic carbocycles. The van der Waals surface area contributed by atoms with Crippen LogP contribution in [0.5, 0.6) is 0 Å². The highest BCUT2D eigenvalue weighted by Crippen LogP contribution is 2.15. The highest BCUT2D eigenvalue weighted by molar-refractivity contribution is 6.06. The minimum Gasteiger partial charge on any atom is -0.369 e. The maximum Gasteiger partial charge on any atom is 0.261 e. The normalized spacial score (nSPS) is 10.2. The summed E-state index contributed by atoms with van der Waals surface area (Å²) >= 11 is 0. The molecule has 0 aliphatic heterocycles. The molecule has 0 aliphatic rings. The van der Waals surface area contributed by atoms with Crippen molar-refractivity contribution in [2.75, 3.05) is 17.2 Å². The van der Waals surface area contributed by atoms with Crippen LogP contribution in [0.3, 0.4) is 0 Å². The molecule has 19 heavy (non-hydrogen) atoms. The third-order valence-electron chi connectivity index (χ3n) is 2.37. The molecule has 0 saturated carbocycles. The minimum absolute atomic E-state index is 0.143. The van der Waals surface area contributed by atoms with Crippen molar-refractivity contribution in [3.63, 3.8) is 0 Å². The van der Waals surface area contributed by atoms with Gasteiger partial charge < -0.3 is 10.3 Å². The Labute approximate surface area is 109 Å². The largest absolute Gasteiger partial charge is 0.369 e. The fourth-order valence-electron chi connectivity index (χ4n) is 1.51. The zero-order chi connectivity index (χ0) is 13.7. The Bertz CT molecular complexity index is 555. The predicted octanol–water partition coefficient (Wildman–Crippen LogP) is 2.02. The first-order chi connectivity index (χ1) is 9.20. The average molecular weight is 263 g/mol. The van der Waals surface area contributed by atoms with Crippen molar-refractivity contribution >= 4 is 17.7 Å². The second kappa shape index (κ2) is 5.94. The zero-order valence-corrected chi connectivity index (χ0v) is 10.4. The fraction of sp³-hybridized carbons (Fsp3) is 0.250. The van der Waals surface area contributed by atoms with Gasteiger partial charge in [-0.3, -0.25) is 10.1 Å². The molecule has 0 aromatic carbocycles. The second-order valence-corrected chi connectivity index (χ2v) is 3.87. The van der Waals surface area contributed by atoms with Gasteiger partial charge in [0.05, 0.1) is 11.8 Å². The van der Waals surface area contributed by atoms with Crippen molar-refractivity contribution in [1.29, 1.82) is 0 Å². The highest BCUT2D eigenvalue weighted by atomic mass is 19.1. The van der Waals surface area contributed by atoms with Crippen molar-refractivity contribution in [2.24, 2.45) is 0 Å². The van der Waals surface area contributed by atoms with Crippen LogP contribution in [0.2, 0.25) is 0 Å². The van der Waals surface area contributed by atoms with Crippen LogP contribution in [0.15, 0.2) is 24.7 Å². The van der Waals surface area contributed by atoms with Crippen molar-refractivity contribution in [1.82, 2.24) is 15.0 Å². The topological polar surface area (TPSA) is 82.7 Å². The van der Waals surface area contributed by atoms with Crippen LogP contribution in [-0.4, -0.2) is 27.4 Å². The van der Waals surface area contributed by atoms with E-state index in [0.717, 1.165) is 18.7 Å². The Kier molecular flexibility index (Phi) is 4.07. The van der Waals surface area contributed by atoms with Crippen LogP contribution in [0.1, 0.15) is 23.7 Å². The third-order valence-corrected chi connectivity index (χ3v) is 2.37. The number of aromatic amines is 1. The summed E-state index contributed by atoms with van der Waals surface area (Å²) in [5.74, 6) is -0.379. The average Bonchev–Trinajstić information content (AvgIpc) is 2.90. The number of H-pyrrole nitrogens is 1. The number of pyridine rings is 1. The number of rotatable bonds is 5. The van der Waals surface area contributed by atoms with E-state index in [0.29, 0.717) is 18.3 Å². The maximum absolute atomic E-state index is 13.2. The van der Waals surface area contributed by atoms with Gasteiger partial charge >= 0.3 is 0 Å². The number of hydrogen-bond donors (Lipinski definition) is 3. The van der Waals surface area contributed by atoms with Crippen molar-refractivity contribution in [2.45, 2.75) is 13.3 Å². The number of hydrogen-bond acceptors (Lipinski definition) is 4. The minimum atomic E-state index is -0.563. The van der Waals surface area contributed by atoms with Gasteiger partial charge in [0.25, 0.3) is 5.91 Å². The van der Waals surface area contributed by atoms with Crippen LogP contribution in [0, 0.1) is 5.82 Å². The monoisotopic (exact) mass is 263 g/mol. The molecule has 1 amide bonds. The summed E-state index contributed by atoms with van der Waals surface area (Å²) in [7, 11) is 0. The van der Waals surface area contributed by atoms with Crippen molar-refractivity contribution in [3.8, 4) is 0 Å². The SMILES string of the molecule is CCCNc1ncc(F)cc1C(=O)Nc1ncc[nH]1. The summed E-state index contributed by atoms with van der Waals surface area (Å²) in [6.45, 7) is 2.64. The summed E-state index contributed by atoms with van der Waals surface area (Å²) in [6, 6.07) is 1.14. The van der Waals surface area contributed by atoms with Crippen LogP contribution in [-0.2, 0) is 0 Å². The first-order valence-electron chi connectivity index (χ1n) is 5.91. The predicted molar refractivity (Wildman–Crippen MR) is 69.5 cm³/mol. The third kappa shape index (κ3) is 3.27. The van der Waals surface area contributed by atoms with E-state index in [1.165, 1.54) is 6.20 Å². The lowest BCUT2D eigenvalue weighted by Gasteiger charge is -2.09. The first-order valence-corrected chi connectivity index (χ1v) is 5.91. The Balaban J connectivity index is 2.21. The molecule has 2 aromatic rings. The lowest BCUT2D eigenvalue weighted by molar-refractivity contribution is 0.102. The number of imidazole rings is 1. The van der Waals surface area contributed by atoms with Gasteiger partial charge in [0.15, 0.2) is 0 Å². The van der Waals surface area contributed by atoms with Crippen LogP contribution in [0.25, 0.3) is 0 Å². The number of amides is 1. The first kappa shape index (κ1) is 13.0. The van der Waals surface area contributed by atoms with Gasteiger partial charge in [-0.2, -0.15) is 0 Å². The van der Waals surface area contributed by atoms with Gasteiger partial charge in [-0.25, -0.2) is 14.4 Å². The molecule has 2 rings (SSSR count). The maximum atomic E-state index is 13.2. The Morgan fingerprint density at radius 3 is 3.00 bits per heavy atom. The lowest BCUT2D eigenvalue weighted by Crippen LogP contribution is -2.17. The van der Waals surface area contributed by atoms with Gasteiger partial charge in [-0.05, 0) is 12.5 Å². The number of carbonyl (C=O) groups excluding carboxylic acids is 1. The standard InChI is InChI=1S/C12H14FN5O/c1-2-3-14-10-9(6-8(13)7-17-10)11(19)18-12-15-4-5-16-12/h4-7H,2-3H2,1H3,(H,14,17)(H2,15,16,18,19). The molecule has 0 saturated heterocycles. The summed E-state index contributed by atoms with van der Waals surface area (Å²) in [5.41, 5.74) is 0.143. The van der Waals surface area contributed by atoms with E-state index in [1.54, 1.807) is 6.20 Å². The molecule has 0 unspecified atom stereocenters. The number of aromatic nitrogens is 3. The molecule has 0 spiro atoms. The summed E-state index contributed by atoms with van der Waals surface area (Å²) in [6.07, 6.45) is 5.03. The van der Waals surface area contributed by atoms with Gasteiger partial charge in [0.1, 0.15) is 11.6 Å². The van der Waals surface area contributed by atoms with Crippen molar-refractivity contribution in [3.05, 3.63) is 36.0 Å². The second-order valence-electron chi connectivity index (χ2n) is 3.87. The molecule has 0 radical (unpaired) electrons. The highest BCUT2D eigenvalue weighted by Gasteiger charge is 2.14. The number of nitrogens with zero attached hydrogens (tertiary/aromatic N) is 2. The summed E-state index contributed by atoms with van der Waals surface area (Å²) in [5, 5.41) is 5.51. The van der Waals surface area contributed by atoms with Crippen LogP contribution in [0.4, 0.5) is 16.2 Å². The smallest absolute Gasteiger partial charge is 0.261 e. The van der Waals surface area contributed by atoms with Gasteiger partial charge in [0, 0.05) is 18.9 Å². The van der Waals surface area contributed by atoms with E-state index in [4.69, 9.17) is 0 Å². The molecular weight excluding hydrogens is 249 g/mol. The molecule has 2 aromatic heterocycles. The van der Waals surface area contributed by atoms with E-state index < -0.39 is 11.7 Å². The molecule has 3 N–H and O–H groups in total. The van der Waals surface area contributed by atoms with Gasteiger partial charge in [-0.1, -0.05) is 6.92 Å². The van der Waals surface area contributed by atoms with E-state index in [2.05, 4.69) is 25.6 Å². The number of halogens is 1. The van der Waals surface area contributed by atoms with Crippen LogP contribution >= 0.6 is 0 Å². The molecular formula is C12H14FN5O. The molecule has 6 nitrogen and oxygen atoms in total. The fourth-order valence-corrected chi connectivity index (χ4v) is 1.51.